The van der Waals surface area contributed by atoms with E-state index in [4.69, 9.17) is 0 Å². The molecule has 8 heteroatoms. The predicted molar refractivity (Wildman–Crippen MR) is 113 cm³/mol. The minimum absolute atomic E-state index is 0.118. The Morgan fingerprint density at radius 3 is 2.46 bits per heavy atom. The van der Waals surface area contributed by atoms with Crippen LogP contribution in [0.4, 0.5) is 10.1 Å². The molecule has 0 aliphatic rings. The summed E-state index contributed by atoms with van der Waals surface area (Å²) in [4.78, 5) is 11.9. The van der Waals surface area contributed by atoms with Crippen LogP contribution in [0.15, 0.2) is 54.6 Å². The first kappa shape index (κ1) is 22.2. The maximum absolute atomic E-state index is 13.5. The molecule has 1 amide bonds. The third-order valence-corrected chi connectivity index (χ3v) is 6.20. The SMILES string of the molecule is CS(=O)(=O)N(CCCC(=O)NCCSCc1ccccc1F)c1ccccc1. The number of halogens is 1. The Morgan fingerprint density at radius 2 is 1.79 bits per heavy atom. The zero-order chi connectivity index (χ0) is 20.4. The van der Waals surface area contributed by atoms with Crippen molar-refractivity contribution in [2.45, 2.75) is 18.6 Å². The molecule has 0 atom stereocenters. The highest BCUT2D eigenvalue weighted by molar-refractivity contribution is 7.98. The molecule has 0 saturated heterocycles. The zero-order valence-corrected chi connectivity index (χ0v) is 17.4. The lowest BCUT2D eigenvalue weighted by molar-refractivity contribution is -0.121. The number of sulfonamides is 1. The van der Waals surface area contributed by atoms with E-state index in [2.05, 4.69) is 5.32 Å². The van der Waals surface area contributed by atoms with Crippen molar-refractivity contribution in [1.29, 1.82) is 0 Å². The molecular weight excluding hydrogens is 399 g/mol. The van der Waals surface area contributed by atoms with Crippen LogP contribution in [0.1, 0.15) is 18.4 Å². The number of para-hydroxylation sites is 1. The minimum atomic E-state index is -3.40. The standard InChI is InChI=1S/C20H25FN2O3S2/c1-28(25,26)23(18-9-3-2-4-10-18)14-7-12-20(24)22-13-15-27-16-17-8-5-6-11-19(17)21/h2-6,8-11H,7,12-16H2,1H3,(H,22,24). The van der Waals surface area contributed by atoms with Gasteiger partial charge in [0, 0.05) is 31.0 Å². The van der Waals surface area contributed by atoms with Crippen molar-refractivity contribution in [3.63, 3.8) is 0 Å². The third-order valence-electron chi connectivity index (χ3n) is 3.99. The highest BCUT2D eigenvalue weighted by atomic mass is 32.2. The van der Waals surface area contributed by atoms with E-state index in [9.17, 15) is 17.6 Å². The first-order valence-corrected chi connectivity index (χ1v) is 12.0. The number of anilines is 1. The lowest BCUT2D eigenvalue weighted by Gasteiger charge is -2.22. The maximum atomic E-state index is 13.5. The Kier molecular flexibility index (Phi) is 8.79. The second kappa shape index (κ2) is 11.1. The summed E-state index contributed by atoms with van der Waals surface area (Å²) < 4.78 is 38.8. The Labute approximate surface area is 170 Å². The van der Waals surface area contributed by atoms with Gasteiger partial charge < -0.3 is 5.32 Å². The first-order chi connectivity index (χ1) is 13.4. The van der Waals surface area contributed by atoms with Gasteiger partial charge in [0.25, 0.3) is 0 Å². The number of thioether (sulfide) groups is 1. The second-order valence-electron chi connectivity index (χ2n) is 6.27. The molecule has 0 spiro atoms. The zero-order valence-electron chi connectivity index (χ0n) is 15.8. The monoisotopic (exact) mass is 424 g/mol. The molecule has 5 nitrogen and oxygen atoms in total. The highest BCUT2D eigenvalue weighted by Crippen LogP contribution is 2.17. The van der Waals surface area contributed by atoms with Gasteiger partial charge in [0.15, 0.2) is 0 Å². The lowest BCUT2D eigenvalue weighted by Crippen LogP contribution is -2.32. The van der Waals surface area contributed by atoms with E-state index < -0.39 is 10.0 Å². The summed E-state index contributed by atoms with van der Waals surface area (Å²) in [6.45, 7) is 0.741. The van der Waals surface area contributed by atoms with E-state index in [1.54, 1.807) is 54.2 Å². The Balaban J connectivity index is 1.67. The van der Waals surface area contributed by atoms with Crippen LogP contribution in [0.3, 0.4) is 0 Å². The number of carbonyl (C=O) groups excluding carboxylic acids is 1. The molecule has 0 aliphatic carbocycles. The number of rotatable bonds is 11. The van der Waals surface area contributed by atoms with Crippen LogP contribution >= 0.6 is 11.8 Å². The Morgan fingerprint density at radius 1 is 1.11 bits per heavy atom. The van der Waals surface area contributed by atoms with Crippen molar-refractivity contribution in [3.8, 4) is 0 Å². The van der Waals surface area contributed by atoms with Crippen molar-refractivity contribution in [3.05, 3.63) is 66.0 Å². The van der Waals surface area contributed by atoms with Gasteiger partial charge in [-0.25, -0.2) is 12.8 Å². The minimum Gasteiger partial charge on any atom is -0.355 e. The summed E-state index contributed by atoms with van der Waals surface area (Å²) in [7, 11) is -3.40. The molecule has 1 N–H and O–H groups in total. The summed E-state index contributed by atoms with van der Waals surface area (Å²) in [5.74, 6) is 0.906. The molecule has 0 saturated carbocycles. The fraction of sp³-hybridized carbons (Fsp3) is 0.350. The highest BCUT2D eigenvalue weighted by Gasteiger charge is 2.17. The molecule has 0 bridgehead atoms. The third kappa shape index (κ3) is 7.52. The Bertz CT molecular complexity index is 861. The first-order valence-electron chi connectivity index (χ1n) is 8.98. The van der Waals surface area contributed by atoms with Crippen LogP contribution in [0.5, 0.6) is 0 Å². The van der Waals surface area contributed by atoms with E-state index in [1.165, 1.54) is 10.4 Å². The fourth-order valence-electron chi connectivity index (χ4n) is 2.61. The van der Waals surface area contributed by atoms with Gasteiger partial charge in [-0.3, -0.25) is 9.10 Å². The summed E-state index contributed by atoms with van der Waals surface area (Å²) in [5.41, 5.74) is 1.25. The van der Waals surface area contributed by atoms with Crippen molar-refractivity contribution in [1.82, 2.24) is 5.32 Å². The van der Waals surface area contributed by atoms with Gasteiger partial charge in [-0.1, -0.05) is 36.4 Å². The van der Waals surface area contributed by atoms with E-state index >= 15 is 0 Å². The molecule has 0 radical (unpaired) electrons. The molecule has 0 aliphatic heterocycles. The second-order valence-corrected chi connectivity index (χ2v) is 9.28. The van der Waals surface area contributed by atoms with Gasteiger partial charge in [0.2, 0.25) is 15.9 Å². The molecule has 152 valence electrons. The molecule has 2 aromatic rings. The van der Waals surface area contributed by atoms with Crippen LogP contribution in [-0.4, -0.2) is 39.4 Å². The van der Waals surface area contributed by atoms with Gasteiger partial charge in [-0.05, 0) is 30.2 Å². The van der Waals surface area contributed by atoms with Gasteiger partial charge in [0.1, 0.15) is 5.82 Å². The molecule has 0 heterocycles. The summed E-state index contributed by atoms with van der Waals surface area (Å²) in [5, 5.41) is 2.81. The number of hydrogen-bond donors (Lipinski definition) is 1. The number of benzene rings is 2. The van der Waals surface area contributed by atoms with Crippen LogP contribution in [0, 0.1) is 5.82 Å². The topological polar surface area (TPSA) is 66.5 Å². The number of nitrogens with one attached hydrogen (secondary N) is 1. The quantitative estimate of drug-likeness (QED) is 0.562. The number of carbonyl (C=O) groups is 1. The van der Waals surface area contributed by atoms with Gasteiger partial charge >= 0.3 is 0 Å². The summed E-state index contributed by atoms with van der Waals surface area (Å²) >= 11 is 1.55. The molecule has 0 fully saturated rings. The van der Waals surface area contributed by atoms with Crippen LogP contribution < -0.4 is 9.62 Å². The smallest absolute Gasteiger partial charge is 0.232 e. The molecular formula is C20H25FN2O3S2. The van der Waals surface area contributed by atoms with Crippen molar-refractivity contribution >= 4 is 33.4 Å². The number of nitrogens with zero attached hydrogens (tertiary/aromatic N) is 1. The molecule has 2 aromatic carbocycles. The average Bonchev–Trinajstić information content (AvgIpc) is 2.66. The van der Waals surface area contributed by atoms with Crippen LogP contribution in [-0.2, 0) is 20.6 Å². The summed E-state index contributed by atoms with van der Waals surface area (Å²) in [6.07, 6.45) is 1.83. The van der Waals surface area contributed by atoms with E-state index in [-0.39, 0.29) is 24.7 Å². The fourth-order valence-corrected chi connectivity index (χ4v) is 4.42. The molecule has 0 aromatic heterocycles. The maximum Gasteiger partial charge on any atom is 0.232 e. The van der Waals surface area contributed by atoms with Crippen LogP contribution in [0.25, 0.3) is 0 Å². The number of amides is 1. The largest absolute Gasteiger partial charge is 0.355 e. The summed E-state index contributed by atoms with van der Waals surface area (Å²) in [6, 6.07) is 15.5. The lowest BCUT2D eigenvalue weighted by atomic mass is 10.2. The van der Waals surface area contributed by atoms with E-state index in [0.29, 0.717) is 35.7 Å². The van der Waals surface area contributed by atoms with Crippen molar-refractivity contribution < 1.29 is 17.6 Å². The molecule has 2 rings (SSSR count). The van der Waals surface area contributed by atoms with Crippen molar-refractivity contribution in [2.75, 3.05) is 29.4 Å². The van der Waals surface area contributed by atoms with Gasteiger partial charge in [0.05, 0.1) is 11.9 Å². The predicted octanol–water partition coefficient (Wildman–Crippen LogP) is 3.42. The van der Waals surface area contributed by atoms with Crippen LogP contribution in [0.2, 0.25) is 0 Å². The van der Waals surface area contributed by atoms with E-state index in [0.717, 1.165) is 6.26 Å². The average molecular weight is 425 g/mol. The normalized spacial score (nSPS) is 11.2. The van der Waals surface area contributed by atoms with E-state index in [1.807, 2.05) is 6.07 Å². The van der Waals surface area contributed by atoms with Crippen molar-refractivity contribution in [2.24, 2.45) is 0 Å². The molecule has 0 unspecified atom stereocenters. The Hall–Kier alpha value is -2.06. The van der Waals surface area contributed by atoms with Gasteiger partial charge in [-0.15, -0.1) is 0 Å². The molecule has 28 heavy (non-hydrogen) atoms. The van der Waals surface area contributed by atoms with Gasteiger partial charge in [-0.2, -0.15) is 11.8 Å². The number of hydrogen-bond acceptors (Lipinski definition) is 4.